The van der Waals surface area contributed by atoms with Crippen LogP contribution in [0.25, 0.3) is 0 Å². The molecule has 0 saturated carbocycles. The summed E-state index contributed by atoms with van der Waals surface area (Å²) in [6, 6.07) is 8.05. The summed E-state index contributed by atoms with van der Waals surface area (Å²) >= 11 is 0. The number of ether oxygens (including phenoxy) is 5. The Kier molecular flexibility index (Phi) is 19.4. The van der Waals surface area contributed by atoms with Gasteiger partial charge >= 0.3 is 0 Å². The fraction of sp³-hybridized carbons (Fsp3) is 0.684. The molecular formula is C38H66O6Si. The quantitative estimate of drug-likeness (QED) is 0.0710. The Bertz CT molecular complexity index is 1010. The van der Waals surface area contributed by atoms with E-state index in [1.54, 1.807) is 28.4 Å². The summed E-state index contributed by atoms with van der Waals surface area (Å²) < 4.78 is 35.2. The molecule has 0 fully saturated rings. The van der Waals surface area contributed by atoms with Crippen LogP contribution in [0.5, 0.6) is 5.75 Å². The second-order valence-corrected chi connectivity index (χ2v) is 19.0. The molecule has 0 aliphatic carbocycles. The molecule has 0 unspecified atom stereocenters. The molecule has 0 saturated heterocycles. The first-order valence-electron chi connectivity index (χ1n) is 16.7. The van der Waals surface area contributed by atoms with E-state index in [1.807, 2.05) is 12.1 Å². The fourth-order valence-electron chi connectivity index (χ4n) is 5.18. The monoisotopic (exact) mass is 646 g/mol. The third kappa shape index (κ3) is 16.1. The zero-order valence-corrected chi connectivity index (χ0v) is 31.9. The predicted molar refractivity (Wildman–Crippen MR) is 191 cm³/mol. The average molecular weight is 647 g/mol. The summed E-state index contributed by atoms with van der Waals surface area (Å²) in [5.74, 6) is 2.09. The molecule has 7 heteroatoms. The molecular weight excluding hydrogens is 580 g/mol. The van der Waals surface area contributed by atoms with Crippen LogP contribution in [0.3, 0.4) is 0 Å². The summed E-state index contributed by atoms with van der Waals surface area (Å²) in [5, 5.41) is 0.139. The minimum absolute atomic E-state index is 0.0120. The van der Waals surface area contributed by atoms with E-state index in [4.69, 9.17) is 28.1 Å². The van der Waals surface area contributed by atoms with E-state index in [0.717, 1.165) is 43.6 Å². The second-order valence-electron chi connectivity index (χ2n) is 14.2. The lowest BCUT2D eigenvalue weighted by Crippen LogP contribution is -2.45. The normalized spacial score (nSPS) is 16.8. The van der Waals surface area contributed by atoms with Gasteiger partial charge in [0, 0.05) is 46.4 Å². The van der Waals surface area contributed by atoms with Crippen molar-refractivity contribution in [2.24, 2.45) is 17.8 Å². The zero-order chi connectivity index (χ0) is 34.0. The number of hydrogen-bond acceptors (Lipinski definition) is 6. The first kappa shape index (κ1) is 41.3. The summed E-state index contributed by atoms with van der Waals surface area (Å²) in [6.45, 7) is 21.7. The van der Waals surface area contributed by atoms with Gasteiger partial charge in [0.05, 0.1) is 19.8 Å². The molecule has 0 bridgehead atoms. The van der Waals surface area contributed by atoms with Gasteiger partial charge in [-0.1, -0.05) is 84.1 Å². The van der Waals surface area contributed by atoms with Crippen molar-refractivity contribution in [2.75, 3.05) is 35.0 Å². The number of methoxy groups -OCH3 is 4. The summed E-state index contributed by atoms with van der Waals surface area (Å²) in [6.07, 6.45) is 14.5. The molecule has 0 heterocycles. The van der Waals surface area contributed by atoms with E-state index in [1.165, 1.54) is 5.57 Å². The van der Waals surface area contributed by atoms with Crippen LogP contribution in [-0.4, -0.2) is 61.9 Å². The van der Waals surface area contributed by atoms with Crippen molar-refractivity contribution < 1.29 is 28.1 Å². The summed E-state index contributed by atoms with van der Waals surface area (Å²) in [7, 11) is 4.93. The molecule has 0 N–H and O–H groups in total. The molecule has 1 rings (SSSR count). The number of benzene rings is 1. The molecule has 45 heavy (non-hydrogen) atoms. The highest BCUT2D eigenvalue weighted by Gasteiger charge is 2.39. The maximum Gasteiger partial charge on any atom is 0.192 e. The smallest absolute Gasteiger partial charge is 0.192 e. The van der Waals surface area contributed by atoms with Crippen LogP contribution in [0.1, 0.15) is 79.7 Å². The van der Waals surface area contributed by atoms with E-state index in [2.05, 4.69) is 104 Å². The van der Waals surface area contributed by atoms with E-state index in [-0.39, 0.29) is 29.5 Å². The van der Waals surface area contributed by atoms with Crippen molar-refractivity contribution in [1.82, 2.24) is 0 Å². The Hall–Kier alpha value is -1.74. The number of hydrogen-bond donors (Lipinski definition) is 0. The van der Waals surface area contributed by atoms with Gasteiger partial charge in [-0.25, -0.2) is 0 Å². The Morgan fingerprint density at radius 2 is 1.49 bits per heavy atom. The lowest BCUT2D eigenvalue weighted by Gasteiger charge is -2.40. The zero-order valence-electron chi connectivity index (χ0n) is 30.9. The Labute approximate surface area is 277 Å². The molecule has 0 amide bonds. The van der Waals surface area contributed by atoms with Crippen LogP contribution in [-0.2, 0) is 30.0 Å². The van der Waals surface area contributed by atoms with Gasteiger partial charge in [-0.3, -0.25) is 0 Å². The van der Waals surface area contributed by atoms with Gasteiger partial charge in [-0.15, -0.1) is 0 Å². The average Bonchev–Trinajstić information content (AvgIpc) is 2.98. The van der Waals surface area contributed by atoms with Gasteiger partial charge in [0.15, 0.2) is 14.6 Å². The van der Waals surface area contributed by atoms with Gasteiger partial charge in [0.2, 0.25) is 0 Å². The molecule has 0 aliphatic rings. The molecule has 5 atom stereocenters. The molecule has 1 aromatic carbocycles. The first-order valence-corrected chi connectivity index (χ1v) is 19.6. The van der Waals surface area contributed by atoms with Crippen LogP contribution in [0, 0.1) is 17.8 Å². The van der Waals surface area contributed by atoms with Gasteiger partial charge in [0.25, 0.3) is 0 Å². The van der Waals surface area contributed by atoms with Crippen LogP contribution >= 0.6 is 0 Å². The highest BCUT2D eigenvalue weighted by atomic mass is 28.4. The van der Waals surface area contributed by atoms with Crippen molar-refractivity contribution in [3.63, 3.8) is 0 Å². The summed E-state index contributed by atoms with van der Waals surface area (Å²) in [5.41, 5.74) is 2.36. The van der Waals surface area contributed by atoms with Crippen molar-refractivity contribution >= 4 is 8.32 Å². The van der Waals surface area contributed by atoms with Crippen molar-refractivity contribution in [3.8, 4) is 5.75 Å². The van der Waals surface area contributed by atoms with Crippen molar-refractivity contribution in [1.29, 1.82) is 0 Å². The standard InChI is InChI=1S/C38H66O6Si/c1-29(25-30(2)27-43-28-33-20-23-34(39-8)24-21-33)17-15-14-16-18-31(3)36(40-9)26-35(44-45(12,13)38(5,6)7)22-19-32(4)37(41-10)42-11/h14-18,20-21,23-24,29-30,32,35-37H,19,22,25-28H2,1-13H3/b16-14-,17-15+,31-18+/t29-,30-,32-,35+,36+/m1/s1. The molecule has 1 aromatic rings. The van der Waals surface area contributed by atoms with Crippen LogP contribution in [0.2, 0.25) is 18.1 Å². The molecule has 0 radical (unpaired) electrons. The Morgan fingerprint density at radius 3 is 2.04 bits per heavy atom. The van der Waals surface area contributed by atoms with E-state index in [0.29, 0.717) is 18.4 Å². The van der Waals surface area contributed by atoms with E-state index >= 15 is 0 Å². The van der Waals surface area contributed by atoms with E-state index < -0.39 is 8.32 Å². The largest absolute Gasteiger partial charge is 0.497 e. The van der Waals surface area contributed by atoms with Gasteiger partial charge in [-0.2, -0.15) is 0 Å². The van der Waals surface area contributed by atoms with Gasteiger partial charge in [0.1, 0.15) is 5.75 Å². The molecule has 6 nitrogen and oxygen atoms in total. The lowest BCUT2D eigenvalue weighted by molar-refractivity contribution is -0.135. The maximum atomic E-state index is 6.95. The van der Waals surface area contributed by atoms with Crippen LogP contribution in [0.4, 0.5) is 0 Å². The Morgan fingerprint density at radius 1 is 0.844 bits per heavy atom. The highest BCUT2D eigenvalue weighted by molar-refractivity contribution is 6.74. The predicted octanol–water partition coefficient (Wildman–Crippen LogP) is 9.76. The van der Waals surface area contributed by atoms with Crippen LogP contribution in [0.15, 0.2) is 60.2 Å². The third-order valence-corrected chi connectivity index (χ3v) is 13.6. The number of allylic oxidation sites excluding steroid dienone is 5. The van der Waals surface area contributed by atoms with Gasteiger partial charge in [-0.05, 0) is 79.4 Å². The van der Waals surface area contributed by atoms with E-state index in [9.17, 15) is 0 Å². The minimum Gasteiger partial charge on any atom is -0.497 e. The lowest BCUT2D eigenvalue weighted by atomic mass is 9.97. The third-order valence-electron chi connectivity index (χ3n) is 9.04. The minimum atomic E-state index is -1.96. The SMILES string of the molecule is COc1ccc(COC[C@H](C)C[C@H](C)/C=C/C=C\C=C(/C)[C@H](C[C@H](CC[C@@H](C)C(OC)OC)O[Si](C)(C)C(C)(C)C)OC)cc1. The molecule has 0 aliphatic heterocycles. The fourth-order valence-corrected chi connectivity index (χ4v) is 6.59. The highest BCUT2D eigenvalue weighted by Crippen LogP contribution is 2.39. The molecule has 258 valence electrons. The first-order chi connectivity index (χ1) is 21.2. The number of rotatable bonds is 22. The Balaban J connectivity index is 2.70. The van der Waals surface area contributed by atoms with Crippen molar-refractivity contribution in [3.05, 3.63) is 65.8 Å². The second kappa shape index (κ2) is 21.2. The molecule has 0 spiro atoms. The maximum absolute atomic E-state index is 6.95. The van der Waals surface area contributed by atoms with Crippen LogP contribution < -0.4 is 4.74 Å². The van der Waals surface area contributed by atoms with Gasteiger partial charge < -0.3 is 28.1 Å². The van der Waals surface area contributed by atoms with Crippen molar-refractivity contribution in [2.45, 2.75) is 117 Å². The molecule has 0 aromatic heterocycles. The summed E-state index contributed by atoms with van der Waals surface area (Å²) in [4.78, 5) is 0. The topological polar surface area (TPSA) is 55.4 Å².